The van der Waals surface area contributed by atoms with E-state index in [4.69, 9.17) is 4.74 Å². The predicted molar refractivity (Wildman–Crippen MR) is 143 cm³/mol. The summed E-state index contributed by atoms with van der Waals surface area (Å²) in [5.41, 5.74) is 4.37. The highest BCUT2D eigenvalue weighted by atomic mass is 19.1. The van der Waals surface area contributed by atoms with E-state index < -0.39 is 5.82 Å². The Morgan fingerprint density at radius 3 is 2.68 bits per heavy atom. The molecule has 5 rings (SSSR count). The molecule has 0 spiro atoms. The quantitative estimate of drug-likeness (QED) is 0.280. The Labute approximate surface area is 220 Å². The number of Topliss-reactive ketones (excluding diaryl/α,β-unsaturated/α-hetero) is 1. The van der Waals surface area contributed by atoms with Gasteiger partial charge in [0, 0.05) is 56.7 Å². The zero-order chi connectivity index (χ0) is 26.8. The Morgan fingerprint density at radius 2 is 1.97 bits per heavy atom. The van der Waals surface area contributed by atoms with Crippen LogP contribution in [0.1, 0.15) is 41.6 Å². The first kappa shape index (κ1) is 25.4. The number of aromatic nitrogens is 3. The number of nitrogens with zero attached hydrogens (tertiary/aromatic N) is 4. The number of aryl methyl sites for hydroxylation is 1. The van der Waals surface area contributed by atoms with E-state index in [2.05, 4.69) is 15.4 Å². The van der Waals surface area contributed by atoms with Gasteiger partial charge in [-0.1, -0.05) is 18.2 Å². The summed E-state index contributed by atoms with van der Waals surface area (Å²) in [7, 11) is 3.43. The number of ether oxygens (including phenoxy) is 1. The summed E-state index contributed by atoms with van der Waals surface area (Å²) in [4.78, 5) is 30.9. The predicted octanol–water partition coefficient (Wildman–Crippen LogP) is 5.51. The van der Waals surface area contributed by atoms with E-state index in [9.17, 15) is 14.0 Å². The maximum atomic E-state index is 13.8. The van der Waals surface area contributed by atoms with Gasteiger partial charge in [0.15, 0.2) is 11.4 Å². The SMILES string of the molecule is Cc1cc(-c2cnc3c(NCCC(=O)N(C)C)cc(Oc4cccc(F)c4)nn23)ccc1C(=O)CC1CC1. The number of benzene rings is 2. The fraction of sp³-hybridized carbons (Fsp3) is 0.310. The number of hydrogen-bond donors (Lipinski definition) is 1. The van der Waals surface area contributed by atoms with Gasteiger partial charge in [-0.15, -0.1) is 5.10 Å². The van der Waals surface area contributed by atoms with Gasteiger partial charge in [0.2, 0.25) is 11.8 Å². The third-order valence-electron chi connectivity index (χ3n) is 6.61. The molecule has 9 heteroatoms. The van der Waals surface area contributed by atoms with E-state index in [1.165, 1.54) is 17.0 Å². The molecule has 0 bridgehead atoms. The van der Waals surface area contributed by atoms with Crippen molar-refractivity contribution in [2.75, 3.05) is 26.0 Å². The number of imidazole rings is 1. The van der Waals surface area contributed by atoms with E-state index in [-0.39, 0.29) is 17.6 Å². The van der Waals surface area contributed by atoms with Crippen molar-refractivity contribution in [3.8, 4) is 22.9 Å². The topological polar surface area (TPSA) is 88.8 Å². The summed E-state index contributed by atoms with van der Waals surface area (Å²) in [6, 6.07) is 13.3. The van der Waals surface area contributed by atoms with Gasteiger partial charge in [0.25, 0.3) is 0 Å². The second kappa shape index (κ2) is 10.6. The Kier molecular flexibility index (Phi) is 7.09. The number of hydrogen-bond acceptors (Lipinski definition) is 6. The van der Waals surface area contributed by atoms with Crippen molar-refractivity contribution in [2.45, 2.75) is 32.6 Å². The van der Waals surface area contributed by atoms with Crippen LogP contribution < -0.4 is 10.1 Å². The van der Waals surface area contributed by atoms with Gasteiger partial charge in [-0.05, 0) is 49.4 Å². The van der Waals surface area contributed by atoms with Crippen molar-refractivity contribution in [1.82, 2.24) is 19.5 Å². The van der Waals surface area contributed by atoms with Crippen LogP contribution in [0.4, 0.5) is 10.1 Å². The second-order valence-corrected chi connectivity index (χ2v) is 9.90. The highest BCUT2D eigenvalue weighted by molar-refractivity contribution is 5.98. The summed E-state index contributed by atoms with van der Waals surface area (Å²) in [6.45, 7) is 2.32. The molecular formula is C29H30FN5O3. The Bertz CT molecular complexity index is 1510. The van der Waals surface area contributed by atoms with E-state index in [1.807, 2.05) is 25.1 Å². The number of ketones is 1. The average Bonchev–Trinajstić information content (AvgIpc) is 3.58. The molecule has 8 nitrogen and oxygen atoms in total. The van der Waals surface area contributed by atoms with Crippen LogP contribution >= 0.6 is 0 Å². The van der Waals surface area contributed by atoms with Crippen molar-refractivity contribution in [3.63, 3.8) is 0 Å². The Hall–Kier alpha value is -4.27. The average molecular weight is 516 g/mol. The molecule has 1 fully saturated rings. The number of anilines is 1. The maximum Gasteiger partial charge on any atom is 0.239 e. The molecule has 1 aliphatic rings. The Morgan fingerprint density at radius 1 is 1.16 bits per heavy atom. The standard InChI is InChI=1S/C29H30FN5O3/c1-18-13-20(9-10-23(18)26(36)14-19-7-8-19)25-17-32-29-24(31-12-11-28(37)34(2)3)16-27(33-35(25)29)38-22-6-4-5-21(30)15-22/h4-6,9-10,13,15-17,19,31H,7-8,11-12,14H2,1-3H3. The van der Waals surface area contributed by atoms with Crippen LogP contribution in [-0.2, 0) is 4.79 Å². The summed E-state index contributed by atoms with van der Waals surface area (Å²) in [5, 5.41) is 7.90. The fourth-order valence-electron chi connectivity index (χ4n) is 4.33. The molecule has 0 radical (unpaired) electrons. The zero-order valence-electron chi connectivity index (χ0n) is 21.7. The summed E-state index contributed by atoms with van der Waals surface area (Å²) < 4.78 is 21.3. The molecule has 0 unspecified atom stereocenters. The molecule has 0 saturated heterocycles. The summed E-state index contributed by atoms with van der Waals surface area (Å²) in [5.74, 6) is 0.824. The lowest BCUT2D eigenvalue weighted by Gasteiger charge is -2.13. The van der Waals surface area contributed by atoms with Gasteiger partial charge in [-0.3, -0.25) is 9.59 Å². The molecule has 196 valence electrons. The minimum absolute atomic E-state index is 0.00496. The van der Waals surface area contributed by atoms with E-state index >= 15 is 0 Å². The van der Waals surface area contributed by atoms with Crippen LogP contribution in [0.3, 0.4) is 0 Å². The first-order valence-electron chi connectivity index (χ1n) is 12.7. The smallest absolute Gasteiger partial charge is 0.239 e. The monoisotopic (exact) mass is 515 g/mol. The molecule has 1 amide bonds. The molecule has 2 aromatic heterocycles. The summed E-state index contributed by atoms with van der Waals surface area (Å²) in [6.07, 6.45) is 4.88. The van der Waals surface area contributed by atoms with Crippen molar-refractivity contribution in [3.05, 3.63) is 71.7 Å². The molecule has 1 aliphatic carbocycles. The fourth-order valence-corrected chi connectivity index (χ4v) is 4.33. The van der Waals surface area contributed by atoms with Crippen LogP contribution in [0, 0.1) is 18.7 Å². The number of fused-ring (bicyclic) bond motifs is 1. The number of amides is 1. The third-order valence-corrected chi connectivity index (χ3v) is 6.61. The van der Waals surface area contributed by atoms with Crippen LogP contribution in [0.2, 0.25) is 0 Å². The van der Waals surface area contributed by atoms with Crippen LogP contribution in [0.15, 0.2) is 54.7 Å². The lowest BCUT2D eigenvalue weighted by atomic mass is 9.98. The van der Waals surface area contributed by atoms with Gasteiger partial charge < -0.3 is 15.0 Å². The number of halogens is 1. The van der Waals surface area contributed by atoms with Crippen LogP contribution in [0.25, 0.3) is 16.9 Å². The summed E-state index contributed by atoms with van der Waals surface area (Å²) >= 11 is 0. The van der Waals surface area contributed by atoms with Gasteiger partial charge in [-0.2, -0.15) is 0 Å². The van der Waals surface area contributed by atoms with Crippen LogP contribution in [0.5, 0.6) is 11.6 Å². The first-order chi connectivity index (χ1) is 18.3. The molecule has 1 saturated carbocycles. The van der Waals surface area contributed by atoms with E-state index in [0.717, 1.165) is 29.5 Å². The molecule has 0 aliphatic heterocycles. The number of rotatable bonds is 10. The molecule has 38 heavy (non-hydrogen) atoms. The van der Waals surface area contributed by atoms with E-state index in [0.29, 0.717) is 48.1 Å². The number of carbonyl (C=O) groups is 2. The van der Waals surface area contributed by atoms with Gasteiger partial charge in [-0.25, -0.2) is 13.9 Å². The maximum absolute atomic E-state index is 13.8. The van der Waals surface area contributed by atoms with Crippen LogP contribution in [-0.4, -0.2) is 51.8 Å². The first-order valence-corrected chi connectivity index (χ1v) is 12.7. The van der Waals surface area contributed by atoms with Gasteiger partial charge >= 0.3 is 0 Å². The Balaban J connectivity index is 1.49. The molecule has 4 aromatic rings. The van der Waals surface area contributed by atoms with Crippen molar-refractivity contribution >= 4 is 23.0 Å². The normalized spacial score (nSPS) is 12.9. The lowest BCUT2D eigenvalue weighted by molar-refractivity contribution is -0.128. The molecule has 2 aromatic carbocycles. The number of nitrogens with one attached hydrogen (secondary N) is 1. The van der Waals surface area contributed by atoms with E-state index in [1.54, 1.807) is 43.0 Å². The van der Waals surface area contributed by atoms with Gasteiger partial charge in [0.05, 0.1) is 17.6 Å². The minimum Gasteiger partial charge on any atom is -0.437 e. The lowest BCUT2D eigenvalue weighted by Crippen LogP contribution is -2.24. The third kappa shape index (κ3) is 5.66. The minimum atomic E-state index is -0.417. The highest BCUT2D eigenvalue weighted by Crippen LogP contribution is 2.35. The number of carbonyl (C=O) groups excluding carboxylic acids is 2. The molecule has 1 N–H and O–H groups in total. The molecular weight excluding hydrogens is 485 g/mol. The molecule has 0 atom stereocenters. The van der Waals surface area contributed by atoms with Crippen molar-refractivity contribution in [2.24, 2.45) is 5.92 Å². The molecule has 2 heterocycles. The largest absolute Gasteiger partial charge is 0.437 e. The highest BCUT2D eigenvalue weighted by Gasteiger charge is 2.25. The zero-order valence-corrected chi connectivity index (χ0v) is 21.7. The van der Waals surface area contributed by atoms with Crippen molar-refractivity contribution in [1.29, 1.82) is 0 Å². The van der Waals surface area contributed by atoms with Gasteiger partial charge in [0.1, 0.15) is 11.6 Å². The van der Waals surface area contributed by atoms with Crippen molar-refractivity contribution < 1.29 is 18.7 Å². The second-order valence-electron chi connectivity index (χ2n) is 9.90.